The molecule has 3 rings (SSSR count). The molecule has 0 unspecified atom stereocenters. The third kappa shape index (κ3) is 9.42. The van der Waals surface area contributed by atoms with Crippen LogP contribution in [0.25, 0.3) is 12.2 Å². The van der Waals surface area contributed by atoms with Crippen LogP contribution in [0.4, 0.5) is 31.1 Å². The number of amidine groups is 1. The third-order valence-corrected chi connectivity index (χ3v) is 5.77. The molecule has 0 aromatic heterocycles. The van der Waals surface area contributed by atoms with Crippen LogP contribution in [0, 0.1) is 6.92 Å². The first-order valence-corrected chi connectivity index (χ1v) is 12.3. The average molecular weight is 545 g/mol. The minimum atomic E-state index is -4.76. The van der Waals surface area contributed by atoms with E-state index in [0.717, 1.165) is 27.7 Å². The summed E-state index contributed by atoms with van der Waals surface area (Å²) < 4.78 is 74.6. The molecule has 202 valence electrons. The maximum absolute atomic E-state index is 12.6. The second-order valence-corrected chi connectivity index (χ2v) is 8.55. The highest BCUT2D eigenvalue weighted by Gasteiger charge is 2.37. The van der Waals surface area contributed by atoms with Gasteiger partial charge in [-0.3, -0.25) is 9.79 Å². The summed E-state index contributed by atoms with van der Waals surface area (Å²) in [4.78, 5) is 16.2. The number of thioether (sulfide) groups is 1. The number of amides is 1. The van der Waals surface area contributed by atoms with Crippen molar-refractivity contribution in [2.45, 2.75) is 52.9 Å². The van der Waals surface area contributed by atoms with Crippen LogP contribution in [-0.2, 0) is 18.8 Å². The van der Waals surface area contributed by atoms with E-state index in [9.17, 15) is 31.1 Å². The van der Waals surface area contributed by atoms with E-state index >= 15 is 0 Å². The monoisotopic (exact) mass is 544 g/mol. The summed E-state index contributed by atoms with van der Waals surface area (Å²) in [6.07, 6.45) is -5.18. The van der Waals surface area contributed by atoms with Crippen LogP contribution in [0.5, 0.6) is 0 Å². The number of hydrogen-bond donors (Lipinski definition) is 1. The minimum Gasteiger partial charge on any atom is -0.300 e. The minimum absolute atomic E-state index is 0.0821. The second-order valence-electron chi connectivity index (χ2n) is 7.53. The molecule has 10 heteroatoms. The summed E-state index contributed by atoms with van der Waals surface area (Å²) in [6.45, 7) is 11.5. The molecule has 37 heavy (non-hydrogen) atoms. The number of carbonyl (C=O) groups excluding carboxylic acids is 1. The summed E-state index contributed by atoms with van der Waals surface area (Å²) in [7, 11) is 1.67. The Morgan fingerprint density at radius 3 is 2.16 bits per heavy atom. The van der Waals surface area contributed by atoms with Crippen molar-refractivity contribution in [1.82, 2.24) is 5.32 Å². The molecule has 1 aliphatic heterocycles. The molecule has 2 aromatic rings. The van der Waals surface area contributed by atoms with Crippen LogP contribution in [0.2, 0.25) is 0 Å². The van der Waals surface area contributed by atoms with Gasteiger partial charge in [0.05, 0.1) is 16.0 Å². The zero-order valence-corrected chi connectivity index (χ0v) is 22.1. The van der Waals surface area contributed by atoms with Crippen LogP contribution in [-0.4, -0.2) is 18.1 Å². The van der Waals surface area contributed by atoms with Crippen molar-refractivity contribution in [3.05, 3.63) is 81.3 Å². The summed E-state index contributed by atoms with van der Waals surface area (Å²) >= 11 is 1.17. The highest BCUT2D eigenvalue weighted by Crippen LogP contribution is 2.37. The zero-order valence-electron chi connectivity index (χ0n) is 21.3. The van der Waals surface area contributed by atoms with E-state index in [2.05, 4.69) is 23.0 Å². The van der Waals surface area contributed by atoms with Gasteiger partial charge in [-0.1, -0.05) is 64.1 Å². The van der Waals surface area contributed by atoms with Crippen LogP contribution < -0.4 is 5.32 Å². The number of halogens is 6. The number of aryl methyl sites for hydroxylation is 2. The first kappa shape index (κ1) is 32.0. The molecule has 1 aliphatic rings. The van der Waals surface area contributed by atoms with Gasteiger partial charge in [-0.05, 0) is 65.6 Å². The fraction of sp³-hybridized carbons (Fsp3) is 0.333. The molecular formula is C27H30F6N2OS. The molecule has 1 saturated heterocycles. The summed E-state index contributed by atoms with van der Waals surface area (Å²) in [5.41, 5.74) is 0.761. The Labute approximate surface area is 217 Å². The lowest BCUT2D eigenvalue weighted by molar-refractivity contribution is -0.143. The van der Waals surface area contributed by atoms with Crippen molar-refractivity contribution < 1.29 is 31.1 Å². The maximum Gasteiger partial charge on any atom is 0.416 e. The lowest BCUT2D eigenvalue weighted by atomic mass is 10.00. The summed E-state index contributed by atoms with van der Waals surface area (Å²) in [5, 5.41) is 2.62. The van der Waals surface area contributed by atoms with Crippen molar-refractivity contribution in [3.63, 3.8) is 0 Å². The predicted octanol–water partition coefficient (Wildman–Crippen LogP) is 9.17. The Kier molecular flexibility index (Phi) is 12.2. The van der Waals surface area contributed by atoms with Crippen LogP contribution in [0.1, 0.15) is 60.6 Å². The van der Waals surface area contributed by atoms with Crippen molar-refractivity contribution in [1.29, 1.82) is 0 Å². The van der Waals surface area contributed by atoms with Crippen LogP contribution in [0.3, 0.4) is 0 Å². The molecule has 1 amide bonds. The van der Waals surface area contributed by atoms with Gasteiger partial charge in [0.15, 0.2) is 0 Å². The number of nitrogens with one attached hydrogen (secondary N) is 1. The zero-order chi connectivity index (χ0) is 28.4. The first-order valence-electron chi connectivity index (χ1n) is 11.5. The Morgan fingerprint density at radius 2 is 1.68 bits per heavy atom. The number of aliphatic imine (C=N–C) groups is 1. The Hall–Kier alpha value is -3.01. The second kappa shape index (κ2) is 14.1. The normalized spacial score (nSPS) is 15.5. The number of hydrogen-bond acceptors (Lipinski definition) is 3. The number of rotatable bonds is 4. The molecule has 1 N–H and O–H groups in total. The molecule has 1 fully saturated rings. The van der Waals surface area contributed by atoms with Crippen LogP contribution >= 0.6 is 11.8 Å². The van der Waals surface area contributed by atoms with Gasteiger partial charge < -0.3 is 5.32 Å². The highest BCUT2D eigenvalue weighted by molar-refractivity contribution is 8.18. The van der Waals surface area contributed by atoms with E-state index in [1.165, 1.54) is 11.8 Å². The standard InChI is InChI=1S/C14H14N2OS.C11H10F6.C2H6/c1-4-11-6-5-10(7-9(11)2)8-12-13(15-3)16-14(17)18-12;1-2-3-7-4-5-8(10(12,13)14)6-9(7)11(15,16)17;1-2/h4-8H,1H2,2-3H3,(H,15,16,17);4-6H,2-3H2,1H3;1-2H3/b12-8-;;. The molecule has 0 radical (unpaired) electrons. The van der Waals surface area contributed by atoms with Crippen molar-refractivity contribution in [2.24, 2.45) is 4.99 Å². The Bertz CT molecular complexity index is 1150. The molecule has 0 spiro atoms. The van der Waals surface area contributed by atoms with E-state index in [1.54, 1.807) is 14.0 Å². The van der Waals surface area contributed by atoms with E-state index in [0.29, 0.717) is 18.3 Å². The van der Waals surface area contributed by atoms with Gasteiger partial charge in [-0.2, -0.15) is 26.3 Å². The van der Waals surface area contributed by atoms with E-state index in [1.807, 2.05) is 45.1 Å². The van der Waals surface area contributed by atoms with Gasteiger partial charge in [-0.25, -0.2) is 0 Å². The molecule has 0 bridgehead atoms. The molecular weight excluding hydrogens is 514 g/mol. The summed E-state index contributed by atoms with van der Waals surface area (Å²) in [6, 6.07) is 7.85. The fourth-order valence-corrected chi connectivity index (χ4v) is 4.05. The molecule has 2 aromatic carbocycles. The van der Waals surface area contributed by atoms with E-state index < -0.39 is 23.5 Å². The topological polar surface area (TPSA) is 41.5 Å². The van der Waals surface area contributed by atoms with Gasteiger partial charge in [0.1, 0.15) is 5.84 Å². The van der Waals surface area contributed by atoms with Gasteiger partial charge in [0.2, 0.25) is 0 Å². The first-order chi connectivity index (χ1) is 17.3. The Balaban J connectivity index is 0.000000348. The number of alkyl halides is 6. The molecule has 0 atom stereocenters. The number of carbonyl (C=O) groups is 1. The van der Waals surface area contributed by atoms with Crippen molar-refractivity contribution in [3.8, 4) is 0 Å². The third-order valence-electron chi connectivity index (χ3n) is 4.95. The molecule has 0 saturated carbocycles. The largest absolute Gasteiger partial charge is 0.416 e. The van der Waals surface area contributed by atoms with E-state index in [-0.39, 0.29) is 23.3 Å². The van der Waals surface area contributed by atoms with Gasteiger partial charge in [-0.15, -0.1) is 0 Å². The quantitative estimate of drug-likeness (QED) is 0.390. The van der Waals surface area contributed by atoms with Gasteiger partial charge >= 0.3 is 12.4 Å². The van der Waals surface area contributed by atoms with Crippen molar-refractivity contribution in [2.75, 3.05) is 7.05 Å². The average Bonchev–Trinajstić information content (AvgIpc) is 3.19. The fourth-order valence-electron chi connectivity index (χ4n) is 3.27. The number of nitrogens with zero attached hydrogens (tertiary/aromatic N) is 1. The van der Waals surface area contributed by atoms with Crippen LogP contribution in [0.15, 0.2) is 52.9 Å². The maximum atomic E-state index is 12.6. The molecule has 3 nitrogen and oxygen atoms in total. The summed E-state index contributed by atoms with van der Waals surface area (Å²) in [5.74, 6) is 0.635. The lowest BCUT2D eigenvalue weighted by Crippen LogP contribution is -2.18. The predicted molar refractivity (Wildman–Crippen MR) is 141 cm³/mol. The lowest BCUT2D eigenvalue weighted by Gasteiger charge is -2.15. The SMILES string of the molecule is C=Cc1ccc(/C=C2\SC(=O)NC2=NC)cc1C.CC.CCCc1ccc(C(F)(F)F)cc1C(F)(F)F. The molecule has 0 aliphatic carbocycles. The van der Waals surface area contributed by atoms with Gasteiger partial charge in [0.25, 0.3) is 5.24 Å². The highest BCUT2D eigenvalue weighted by atomic mass is 32.2. The Morgan fingerprint density at radius 1 is 1.03 bits per heavy atom. The smallest absolute Gasteiger partial charge is 0.300 e. The molecule has 1 heterocycles. The van der Waals surface area contributed by atoms with Crippen molar-refractivity contribution >= 4 is 35.0 Å². The van der Waals surface area contributed by atoms with E-state index in [4.69, 9.17) is 0 Å². The van der Waals surface area contributed by atoms with Gasteiger partial charge in [0, 0.05) is 7.05 Å². The number of benzene rings is 2.